The molecule has 0 atom stereocenters. The fourth-order valence-corrected chi connectivity index (χ4v) is 1.77. The fourth-order valence-electron chi connectivity index (χ4n) is 1.64. The number of carbonyl (C=O) groups excluding carboxylic acids is 1. The minimum Gasteiger partial charge on any atom is -0.493 e. The van der Waals surface area contributed by atoms with E-state index in [1.807, 2.05) is 6.07 Å². The molecule has 6 heteroatoms. The lowest BCUT2D eigenvalue weighted by molar-refractivity contribution is -0.123. The minimum absolute atomic E-state index is 0.154. The van der Waals surface area contributed by atoms with Gasteiger partial charge in [0, 0.05) is 5.02 Å². The molecular weight excluding hydrogens is 304 g/mol. The quantitative estimate of drug-likeness (QED) is 0.658. The number of methoxy groups -OCH3 is 1. The van der Waals surface area contributed by atoms with Crippen LogP contribution in [0.2, 0.25) is 5.02 Å². The monoisotopic (exact) mass is 318 g/mol. The summed E-state index contributed by atoms with van der Waals surface area (Å²) in [4.78, 5) is 11.6. The van der Waals surface area contributed by atoms with Crippen molar-refractivity contribution in [3.05, 3.63) is 59.1 Å². The van der Waals surface area contributed by atoms with Gasteiger partial charge in [-0.1, -0.05) is 35.9 Å². The van der Waals surface area contributed by atoms with Gasteiger partial charge in [0.15, 0.2) is 18.1 Å². The molecule has 114 valence electrons. The van der Waals surface area contributed by atoms with Gasteiger partial charge in [-0.2, -0.15) is 5.10 Å². The summed E-state index contributed by atoms with van der Waals surface area (Å²) in [6.07, 6.45) is 1.53. The van der Waals surface area contributed by atoms with Crippen LogP contribution in [0.4, 0.5) is 0 Å². The predicted molar refractivity (Wildman–Crippen MR) is 85.7 cm³/mol. The van der Waals surface area contributed by atoms with Crippen LogP contribution in [0.15, 0.2) is 53.6 Å². The molecule has 0 unspecified atom stereocenters. The zero-order chi connectivity index (χ0) is 15.8. The predicted octanol–water partition coefficient (Wildman–Crippen LogP) is 2.88. The molecule has 1 N–H and O–H groups in total. The lowest BCUT2D eigenvalue weighted by Gasteiger charge is -2.09. The average molecular weight is 319 g/mol. The van der Waals surface area contributed by atoms with E-state index < -0.39 is 0 Å². The summed E-state index contributed by atoms with van der Waals surface area (Å²) in [6.45, 7) is -0.154. The van der Waals surface area contributed by atoms with Crippen LogP contribution in [0.5, 0.6) is 11.5 Å². The van der Waals surface area contributed by atoms with Crippen LogP contribution in [-0.4, -0.2) is 25.8 Å². The number of rotatable bonds is 6. The maximum absolute atomic E-state index is 11.6. The highest BCUT2D eigenvalue weighted by Crippen LogP contribution is 2.25. The van der Waals surface area contributed by atoms with E-state index in [0.717, 1.165) is 5.56 Å². The van der Waals surface area contributed by atoms with Crippen LogP contribution >= 0.6 is 11.6 Å². The molecule has 2 rings (SSSR count). The number of hydrogen-bond donors (Lipinski definition) is 1. The topological polar surface area (TPSA) is 59.9 Å². The highest BCUT2D eigenvalue weighted by atomic mass is 35.5. The Morgan fingerprint density at radius 2 is 1.86 bits per heavy atom. The van der Waals surface area contributed by atoms with Crippen molar-refractivity contribution in [2.24, 2.45) is 5.10 Å². The van der Waals surface area contributed by atoms with E-state index in [-0.39, 0.29) is 12.5 Å². The van der Waals surface area contributed by atoms with E-state index in [1.54, 1.807) is 49.6 Å². The maximum atomic E-state index is 11.6. The molecule has 2 aromatic carbocycles. The van der Waals surface area contributed by atoms with Gasteiger partial charge in [0.2, 0.25) is 0 Å². The maximum Gasteiger partial charge on any atom is 0.277 e. The third-order valence-electron chi connectivity index (χ3n) is 2.70. The SMILES string of the molecule is COc1ccccc1OCC(=O)NN=Cc1ccc(Cl)cc1. The number of nitrogens with zero attached hydrogens (tertiary/aromatic N) is 1. The second kappa shape index (κ2) is 8.05. The van der Waals surface area contributed by atoms with Gasteiger partial charge in [-0.05, 0) is 29.8 Å². The number of benzene rings is 2. The molecule has 2 aromatic rings. The van der Waals surface area contributed by atoms with E-state index in [0.29, 0.717) is 16.5 Å². The van der Waals surface area contributed by atoms with Gasteiger partial charge < -0.3 is 9.47 Å². The minimum atomic E-state index is -0.365. The van der Waals surface area contributed by atoms with Crippen LogP contribution in [0.1, 0.15) is 5.56 Å². The molecule has 0 saturated carbocycles. The number of para-hydroxylation sites is 2. The fraction of sp³-hybridized carbons (Fsp3) is 0.125. The van der Waals surface area contributed by atoms with Crippen molar-refractivity contribution in [2.45, 2.75) is 0 Å². The Bertz CT molecular complexity index is 657. The van der Waals surface area contributed by atoms with Crippen molar-refractivity contribution >= 4 is 23.7 Å². The van der Waals surface area contributed by atoms with E-state index in [9.17, 15) is 4.79 Å². The third kappa shape index (κ3) is 4.79. The molecule has 0 aliphatic carbocycles. The number of nitrogens with one attached hydrogen (secondary N) is 1. The molecule has 5 nitrogen and oxygen atoms in total. The Hall–Kier alpha value is -2.53. The molecule has 0 aliphatic heterocycles. The summed E-state index contributed by atoms with van der Waals surface area (Å²) >= 11 is 5.78. The van der Waals surface area contributed by atoms with E-state index in [4.69, 9.17) is 21.1 Å². The third-order valence-corrected chi connectivity index (χ3v) is 2.95. The number of ether oxygens (including phenoxy) is 2. The van der Waals surface area contributed by atoms with Gasteiger partial charge >= 0.3 is 0 Å². The highest BCUT2D eigenvalue weighted by molar-refractivity contribution is 6.30. The van der Waals surface area contributed by atoms with E-state index in [1.165, 1.54) is 6.21 Å². The highest BCUT2D eigenvalue weighted by Gasteiger charge is 2.05. The summed E-state index contributed by atoms with van der Waals surface area (Å²) in [6, 6.07) is 14.2. The number of carbonyl (C=O) groups is 1. The van der Waals surface area contributed by atoms with Gasteiger partial charge in [0.05, 0.1) is 13.3 Å². The summed E-state index contributed by atoms with van der Waals surface area (Å²) in [7, 11) is 1.54. The Morgan fingerprint density at radius 1 is 1.18 bits per heavy atom. The summed E-state index contributed by atoms with van der Waals surface area (Å²) < 4.78 is 10.5. The molecule has 0 aromatic heterocycles. The number of halogens is 1. The average Bonchev–Trinajstić information content (AvgIpc) is 2.55. The summed E-state index contributed by atoms with van der Waals surface area (Å²) in [5.41, 5.74) is 3.21. The Kier molecular flexibility index (Phi) is 5.80. The van der Waals surface area contributed by atoms with Crippen LogP contribution in [0, 0.1) is 0 Å². The molecule has 22 heavy (non-hydrogen) atoms. The lowest BCUT2D eigenvalue weighted by Crippen LogP contribution is -2.24. The Labute approximate surface area is 133 Å². The van der Waals surface area contributed by atoms with Gasteiger partial charge in [-0.15, -0.1) is 0 Å². The standard InChI is InChI=1S/C16H15ClN2O3/c1-21-14-4-2-3-5-15(14)22-11-16(20)19-18-10-12-6-8-13(17)9-7-12/h2-10H,11H2,1H3,(H,19,20). The van der Waals surface area contributed by atoms with Crippen molar-refractivity contribution in [1.29, 1.82) is 0 Å². The molecule has 0 fully saturated rings. The van der Waals surface area contributed by atoms with Crippen LogP contribution in [-0.2, 0) is 4.79 Å². The van der Waals surface area contributed by atoms with Crippen molar-refractivity contribution in [3.63, 3.8) is 0 Å². The van der Waals surface area contributed by atoms with Crippen molar-refractivity contribution in [2.75, 3.05) is 13.7 Å². The number of amides is 1. The molecule has 0 spiro atoms. The molecule has 0 aliphatic rings. The first kappa shape index (κ1) is 15.9. The van der Waals surface area contributed by atoms with Crippen molar-refractivity contribution in [3.8, 4) is 11.5 Å². The second-order valence-corrected chi connectivity index (χ2v) is 4.72. The first-order valence-electron chi connectivity index (χ1n) is 6.52. The van der Waals surface area contributed by atoms with Gasteiger partial charge in [0.1, 0.15) is 0 Å². The zero-order valence-electron chi connectivity index (χ0n) is 12.0. The van der Waals surface area contributed by atoms with Crippen LogP contribution < -0.4 is 14.9 Å². The molecule has 0 heterocycles. The first-order chi connectivity index (χ1) is 10.7. The van der Waals surface area contributed by atoms with Gasteiger partial charge in [-0.3, -0.25) is 4.79 Å². The second-order valence-electron chi connectivity index (χ2n) is 4.28. The Morgan fingerprint density at radius 3 is 2.55 bits per heavy atom. The molecule has 1 amide bonds. The molecule has 0 bridgehead atoms. The van der Waals surface area contributed by atoms with Crippen molar-refractivity contribution < 1.29 is 14.3 Å². The molecular formula is C16H15ClN2O3. The van der Waals surface area contributed by atoms with Gasteiger partial charge in [-0.25, -0.2) is 5.43 Å². The largest absolute Gasteiger partial charge is 0.493 e. The normalized spacial score (nSPS) is 10.5. The summed E-state index contributed by atoms with van der Waals surface area (Å²) in [5, 5.41) is 4.49. The van der Waals surface area contributed by atoms with Crippen LogP contribution in [0.25, 0.3) is 0 Å². The first-order valence-corrected chi connectivity index (χ1v) is 6.90. The zero-order valence-corrected chi connectivity index (χ0v) is 12.7. The molecule has 0 saturated heterocycles. The number of hydrazone groups is 1. The smallest absolute Gasteiger partial charge is 0.277 e. The molecule has 0 radical (unpaired) electrons. The van der Waals surface area contributed by atoms with Crippen molar-refractivity contribution in [1.82, 2.24) is 5.43 Å². The van der Waals surface area contributed by atoms with Gasteiger partial charge in [0.25, 0.3) is 5.91 Å². The van der Waals surface area contributed by atoms with Crippen LogP contribution in [0.3, 0.4) is 0 Å². The van der Waals surface area contributed by atoms with E-state index in [2.05, 4.69) is 10.5 Å². The lowest BCUT2D eigenvalue weighted by atomic mass is 10.2. The number of hydrogen-bond acceptors (Lipinski definition) is 4. The summed E-state index contributed by atoms with van der Waals surface area (Å²) in [5.74, 6) is 0.706. The van der Waals surface area contributed by atoms with E-state index >= 15 is 0 Å². The Balaban J connectivity index is 1.82.